The maximum atomic E-state index is 12.4. The summed E-state index contributed by atoms with van der Waals surface area (Å²) in [6.07, 6.45) is 1.91. The van der Waals surface area contributed by atoms with Crippen LogP contribution >= 0.6 is 11.3 Å². The van der Waals surface area contributed by atoms with Crippen LogP contribution in [0.25, 0.3) is 16.3 Å². The van der Waals surface area contributed by atoms with Gasteiger partial charge >= 0.3 is 5.97 Å². The molecule has 2 aromatic carbocycles. The largest absolute Gasteiger partial charge is 0.451 e. The summed E-state index contributed by atoms with van der Waals surface area (Å²) in [4.78, 5) is 39.9. The highest BCUT2D eigenvalue weighted by Gasteiger charge is 2.18. The fourth-order valence-corrected chi connectivity index (χ4v) is 3.39. The van der Waals surface area contributed by atoms with Crippen molar-refractivity contribution in [1.29, 1.82) is 0 Å². The van der Waals surface area contributed by atoms with Gasteiger partial charge in [0.05, 0.1) is 10.2 Å². The standard InChI is InChI=1S/C21H18N2O4S/c1-13(21(26)15-7-9-16(10-8-15)22-14(2)24)27-20(25)12-11-19-23-17-5-3-4-6-18(17)28-19/h3-13H,1-2H3,(H,22,24)/b12-11+/t13-/m0/s1. The van der Waals surface area contributed by atoms with Gasteiger partial charge in [-0.05, 0) is 49.4 Å². The molecule has 0 radical (unpaired) electrons. The third kappa shape index (κ3) is 4.89. The van der Waals surface area contributed by atoms with Gasteiger partial charge in [-0.3, -0.25) is 9.59 Å². The first kappa shape index (κ1) is 19.4. The fraction of sp³-hybridized carbons (Fsp3) is 0.143. The molecule has 0 saturated carbocycles. The van der Waals surface area contributed by atoms with Gasteiger partial charge in [0.15, 0.2) is 6.10 Å². The van der Waals surface area contributed by atoms with Crippen LogP contribution in [0.15, 0.2) is 54.6 Å². The van der Waals surface area contributed by atoms with E-state index in [-0.39, 0.29) is 11.7 Å². The number of thiazole rings is 1. The zero-order valence-electron chi connectivity index (χ0n) is 15.3. The van der Waals surface area contributed by atoms with E-state index in [4.69, 9.17) is 4.74 Å². The molecule has 6 nitrogen and oxygen atoms in total. The molecule has 0 bridgehead atoms. The van der Waals surface area contributed by atoms with Crippen molar-refractivity contribution in [1.82, 2.24) is 4.98 Å². The number of fused-ring (bicyclic) bond motifs is 1. The molecule has 1 N–H and O–H groups in total. The lowest BCUT2D eigenvalue weighted by Crippen LogP contribution is -2.23. The summed E-state index contributed by atoms with van der Waals surface area (Å²) >= 11 is 1.46. The van der Waals surface area contributed by atoms with Crippen molar-refractivity contribution in [3.8, 4) is 0 Å². The van der Waals surface area contributed by atoms with Crippen LogP contribution in [0, 0.1) is 0 Å². The molecule has 7 heteroatoms. The molecule has 1 amide bonds. The van der Waals surface area contributed by atoms with E-state index >= 15 is 0 Å². The Bertz CT molecular complexity index is 1020. The molecular weight excluding hydrogens is 376 g/mol. The minimum absolute atomic E-state index is 0.193. The molecule has 28 heavy (non-hydrogen) atoms. The number of carbonyl (C=O) groups excluding carboxylic acids is 3. The molecule has 1 aromatic heterocycles. The van der Waals surface area contributed by atoms with E-state index in [0.29, 0.717) is 16.3 Å². The number of nitrogens with one attached hydrogen (secondary N) is 1. The van der Waals surface area contributed by atoms with Crippen molar-refractivity contribution in [2.24, 2.45) is 0 Å². The second-order valence-corrected chi connectivity index (χ2v) is 7.12. The number of Topliss-reactive ketones (excluding diaryl/α,β-unsaturated/α-hetero) is 1. The van der Waals surface area contributed by atoms with Crippen molar-refractivity contribution in [2.45, 2.75) is 20.0 Å². The molecular formula is C21H18N2O4S. The number of para-hydroxylation sites is 1. The Morgan fingerprint density at radius 3 is 2.50 bits per heavy atom. The number of amides is 1. The van der Waals surface area contributed by atoms with E-state index < -0.39 is 12.1 Å². The van der Waals surface area contributed by atoms with Crippen LogP contribution in [0.3, 0.4) is 0 Å². The van der Waals surface area contributed by atoms with Gasteiger partial charge in [-0.25, -0.2) is 9.78 Å². The van der Waals surface area contributed by atoms with Gasteiger partial charge in [0, 0.05) is 24.3 Å². The molecule has 1 atom stereocenters. The summed E-state index contributed by atoms with van der Waals surface area (Å²) in [7, 11) is 0. The minimum atomic E-state index is -0.931. The van der Waals surface area contributed by atoms with E-state index in [0.717, 1.165) is 10.2 Å². The average molecular weight is 394 g/mol. The van der Waals surface area contributed by atoms with Crippen molar-refractivity contribution >= 4 is 51.0 Å². The Balaban J connectivity index is 1.59. The maximum absolute atomic E-state index is 12.4. The van der Waals surface area contributed by atoms with E-state index in [1.807, 2.05) is 24.3 Å². The molecule has 0 saturated heterocycles. The first-order valence-electron chi connectivity index (χ1n) is 8.58. The van der Waals surface area contributed by atoms with Gasteiger partial charge in [0.1, 0.15) is 5.01 Å². The van der Waals surface area contributed by atoms with Crippen LogP contribution in [0.4, 0.5) is 5.69 Å². The molecule has 0 unspecified atom stereocenters. The number of hydrogen-bond acceptors (Lipinski definition) is 6. The Kier molecular flexibility index (Phi) is 5.96. The number of hydrogen-bond donors (Lipinski definition) is 1. The second kappa shape index (κ2) is 8.58. The van der Waals surface area contributed by atoms with Gasteiger partial charge in [-0.2, -0.15) is 0 Å². The summed E-state index contributed by atoms with van der Waals surface area (Å²) in [6.45, 7) is 2.93. The number of esters is 1. The number of anilines is 1. The summed E-state index contributed by atoms with van der Waals surface area (Å²) in [6, 6.07) is 14.1. The molecule has 3 aromatic rings. The number of ketones is 1. The molecule has 142 valence electrons. The molecule has 0 spiro atoms. The minimum Gasteiger partial charge on any atom is -0.451 e. The van der Waals surface area contributed by atoms with E-state index in [1.54, 1.807) is 30.3 Å². The predicted octanol–water partition coefficient (Wildman–Crippen LogP) is 4.08. The number of ether oxygens (including phenoxy) is 1. The number of rotatable bonds is 6. The van der Waals surface area contributed by atoms with Gasteiger partial charge in [-0.15, -0.1) is 11.3 Å². The lowest BCUT2D eigenvalue weighted by molar-refractivity contribution is -0.140. The van der Waals surface area contributed by atoms with Crippen LogP contribution in [0.1, 0.15) is 29.2 Å². The zero-order valence-corrected chi connectivity index (χ0v) is 16.2. The smallest absolute Gasteiger partial charge is 0.331 e. The molecule has 3 rings (SSSR count). The lowest BCUT2D eigenvalue weighted by atomic mass is 10.1. The van der Waals surface area contributed by atoms with E-state index in [1.165, 1.54) is 31.3 Å². The third-order valence-electron chi connectivity index (χ3n) is 3.82. The van der Waals surface area contributed by atoms with E-state index in [2.05, 4.69) is 10.3 Å². The number of nitrogens with zero attached hydrogens (tertiary/aromatic N) is 1. The van der Waals surface area contributed by atoms with Crippen LogP contribution in [-0.2, 0) is 14.3 Å². The Hall–Kier alpha value is -3.32. The fourth-order valence-electron chi connectivity index (χ4n) is 2.52. The zero-order chi connectivity index (χ0) is 20.1. The van der Waals surface area contributed by atoms with Crippen LogP contribution < -0.4 is 5.32 Å². The molecule has 0 fully saturated rings. The Morgan fingerprint density at radius 2 is 1.82 bits per heavy atom. The molecule has 1 heterocycles. The van der Waals surface area contributed by atoms with Gasteiger partial charge < -0.3 is 10.1 Å². The Morgan fingerprint density at radius 1 is 1.11 bits per heavy atom. The number of carbonyl (C=O) groups is 3. The molecule has 0 aliphatic rings. The van der Waals surface area contributed by atoms with E-state index in [9.17, 15) is 14.4 Å². The highest BCUT2D eigenvalue weighted by atomic mass is 32.1. The first-order valence-corrected chi connectivity index (χ1v) is 9.40. The predicted molar refractivity (Wildman–Crippen MR) is 109 cm³/mol. The van der Waals surface area contributed by atoms with Crippen molar-refractivity contribution < 1.29 is 19.1 Å². The SMILES string of the molecule is CC(=O)Nc1ccc(C(=O)[C@H](C)OC(=O)/C=C/c2nc3ccccc3s2)cc1. The van der Waals surface area contributed by atoms with Crippen molar-refractivity contribution in [3.05, 3.63) is 65.2 Å². The molecule has 0 aliphatic heterocycles. The molecule has 0 aliphatic carbocycles. The van der Waals surface area contributed by atoms with Crippen LogP contribution in [0.5, 0.6) is 0 Å². The number of aromatic nitrogens is 1. The topological polar surface area (TPSA) is 85.4 Å². The second-order valence-electron chi connectivity index (χ2n) is 6.06. The average Bonchev–Trinajstić information content (AvgIpc) is 3.09. The maximum Gasteiger partial charge on any atom is 0.331 e. The summed E-state index contributed by atoms with van der Waals surface area (Å²) < 4.78 is 6.22. The van der Waals surface area contributed by atoms with Gasteiger partial charge in [-0.1, -0.05) is 12.1 Å². The Labute approximate surface area is 165 Å². The quantitative estimate of drug-likeness (QED) is 0.387. The highest BCUT2D eigenvalue weighted by Crippen LogP contribution is 2.22. The van der Waals surface area contributed by atoms with Gasteiger partial charge in [0.25, 0.3) is 0 Å². The van der Waals surface area contributed by atoms with Crippen LogP contribution in [-0.4, -0.2) is 28.7 Å². The number of benzene rings is 2. The third-order valence-corrected chi connectivity index (χ3v) is 4.83. The van der Waals surface area contributed by atoms with Crippen molar-refractivity contribution in [3.63, 3.8) is 0 Å². The summed E-state index contributed by atoms with van der Waals surface area (Å²) in [5.74, 6) is -1.13. The van der Waals surface area contributed by atoms with Gasteiger partial charge in [0.2, 0.25) is 11.7 Å². The summed E-state index contributed by atoms with van der Waals surface area (Å²) in [5, 5.41) is 3.31. The summed E-state index contributed by atoms with van der Waals surface area (Å²) in [5.41, 5.74) is 1.85. The first-order chi connectivity index (χ1) is 13.4. The lowest BCUT2D eigenvalue weighted by Gasteiger charge is -2.11. The normalized spacial score (nSPS) is 12.1. The van der Waals surface area contributed by atoms with Crippen LogP contribution in [0.2, 0.25) is 0 Å². The highest BCUT2D eigenvalue weighted by molar-refractivity contribution is 7.19. The monoisotopic (exact) mass is 394 g/mol. The van der Waals surface area contributed by atoms with Crippen molar-refractivity contribution in [2.75, 3.05) is 5.32 Å².